The Kier molecular flexibility index (Phi) is 7.09. The molecule has 3 aromatic heterocycles. The number of nitrogens with one attached hydrogen (secondary N) is 1. The van der Waals surface area contributed by atoms with Crippen molar-refractivity contribution in [3.63, 3.8) is 0 Å². The van der Waals surface area contributed by atoms with Gasteiger partial charge in [-0.15, -0.1) is 11.3 Å². The number of aromatic nitrogens is 4. The number of thiazole rings is 1. The van der Waals surface area contributed by atoms with E-state index in [0.717, 1.165) is 65.2 Å². The third-order valence-corrected chi connectivity index (χ3v) is 8.58. The van der Waals surface area contributed by atoms with Gasteiger partial charge in [-0.2, -0.15) is 5.10 Å². The van der Waals surface area contributed by atoms with Crippen molar-refractivity contribution in [2.45, 2.75) is 46.3 Å². The number of benzene rings is 3. The Labute approximate surface area is 252 Å². The second-order valence-electron chi connectivity index (χ2n) is 11.3. The molecule has 6 rings (SSSR count). The molecular weight excluding hydrogens is 568 g/mol. The molecule has 0 bridgehead atoms. The minimum atomic E-state index is -1.17. The van der Waals surface area contributed by atoms with E-state index in [0.29, 0.717) is 10.6 Å². The van der Waals surface area contributed by atoms with Crippen molar-refractivity contribution < 1.29 is 14.6 Å². The van der Waals surface area contributed by atoms with Crippen LogP contribution in [0.25, 0.3) is 54.1 Å². The summed E-state index contributed by atoms with van der Waals surface area (Å²) < 4.78 is 7.02. The molecule has 3 heterocycles. The van der Waals surface area contributed by atoms with E-state index in [2.05, 4.69) is 28.2 Å². The first-order valence-corrected chi connectivity index (χ1v) is 14.7. The lowest BCUT2D eigenvalue weighted by Gasteiger charge is -2.28. The molecule has 0 saturated carbocycles. The van der Waals surface area contributed by atoms with Crippen molar-refractivity contribution in [3.05, 3.63) is 88.7 Å². The summed E-state index contributed by atoms with van der Waals surface area (Å²) in [5.41, 5.74) is 8.02. The number of rotatable bonds is 6. The Morgan fingerprint density at radius 2 is 1.81 bits per heavy atom. The average molecular weight is 597 g/mol. The van der Waals surface area contributed by atoms with Gasteiger partial charge in [0.15, 0.2) is 6.10 Å². The fourth-order valence-corrected chi connectivity index (χ4v) is 6.56. The van der Waals surface area contributed by atoms with Crippen LogP contribution in [0.2, 0.25) is 5.02 Å². The fraction of sp³-hybridized carbons (Fsp3) is 0.212. The zero-order chi connectivity index (χ0) is 29.8. The molecule has 42 heavy (non-hydrogen) atoms. The fourth-order valence-electron chi connectivity index (χ4n) is 5.31. The summed E-state index contributed by atoms with van der Waals surface area (Å²) in [7, 11) is 0. The van der Waals surface area contributed by atoms with Crippen LogP contribution < -0.4 is 0 Å². The van der Waals surface area contributed by atoms with Crippen LogP contribution in [0, 0.1) is 13.8 Å². The van der Waals surface area contributed by atoms with E-state index in [9.17, 15) is 9.90 Å². The van der Waals surface area contributed by atoms with E-state index in [1.807, 2.05) is 82.4 Å². The number of fused-ring (bicyclic) bond motifs is 2. The second-order valence-corrected chi connectivity index (χ2v) is 12.7. The van der Waals surface area contributed by atoms with Crippen LogP contribution in [0.5, 0.6) is 0 Å². The number of H-pyrrole nitrogens is 1. The number of ether oxygens (including phenoxy) is 1. The molecule has 0 aliphatic heterocycles. The predicted molar refractivity (Wildman–Crippen MR) is 169 cm³/mol. The number of carboxylic acid groups (broad SMARTS) is 1. The maximum Gasteiger partial charge on any atom is 0.337 e. The molecule has 0 amide bonds. The van der Waals surface area contributed by atoms with Gasteiger partial charge in [0.05, 0.1) is 33.2 Å². The van der Waals surface area contributed by atoms with Crippen LogP contribution in [0.15, 0.2) is 67.0 Å². The molecule has 1 atom stereocenters. The SMILES string of the molecule is Cc1cc2nc(-c3ccnc(-c4ccc5[nH]ncc5c4C)c3)sc2c(-c2ccc(Cl)cc2)c1[C@H](OC(C)(C)C)C(=O)O. The van der Waals surface area contributed by atoms with Crippen LogP contribution in [0.1, 0.15) is 43.6 Å². The molecule has 212 valence electrons. The zero-order valence-corrected chi connectivity index (χ0v) is 25.4. The Morgan fingerprint density at radius 3 is 2.52 bits per heavy atom. The number of hydrogen-bond donors (Lipinski definition) is 2. The van der Waals surface area contributed by atoms with E-state index in [-0.39, 0.29) is 0 Å². The standard InChI is InChI=1S/C33H29ClN4O3S/c1-17-14-26-30(28(19-6-8-21(34)9-7-19)27(17)29(32(39)40)41-33(3,4)5)42-31(37-26)20-12-13-35-25(15-20)22-10-11-24-23(18(22)2)16-36-38-24/h6-16,29H,1-5H3,(H,36,38)(H,39,40)/t29-/m0/s1. The number of pyridine rings is 1. The molecule has 3 aromatic carbocycles. The molecule has 0 fully saturated rings. The van der Waals surface area contributed by atoms with Gasteiger partial charge in [-0.05, 0) is 87.7 Å². The Balaban J connectivity index is 1.55. The first-order valence-electron chi connectivity index (χ1n) is 13.5. The lowest BCUT2D eigenvalue weighted by Crippen LogP contribution is -2.28. The molecule has 0 saturated heterocycles. The molecule has 2 N–H and O–H groups in total. The summed E-state index contributed by atoms with van der Waals surface area (Å²) >= 11 is 7.76. The van der Waals surface area contributed by atoms with Gasteiger partial charge in [-0.1, -0.05) is 29.8 Å². The molecule has 0 unspecified atom stereocenters. The quantitative estimate of drug-likeness (QED) is 0.199. The molecule has 6 aromatic rings. The number of carboxylic acids is 1. The van der Waals surface area contributed by atoms with E-state index in [1.165, 1.54) is 11.3 Å². The number of hydrogen-bond acceptors (Lipinski definition) is 6. The molecule has 7 nitrogen and oxygen atoms in total. The monoisotopic (exact) mass is 596 g/mol. The van der Waals surface area contributed by atoms with Crippen molar-refractivity contribution in [1.82, 2.24) is 20.2 Å². The minimum absolute atomic E-state index is 0.600. The number of aryl methyl sites for hydroxylation is 2. The topological polar surface area (TPSA) is 101 Å². The van der Waals surface area contributed by atoms with Gasteiger partial charge in [-0.25, -0.2) is 9.78 Å². The number of aliphatic carboxylic acids is 1. The van der Waals surface area contributed by atoms with Gasteiger partial charge in [0.2, 0.25) is 0 Å². The third kappa shape index (κ3) is 5.17. The zero-order valence-electron chi connectivity index (χ0n) is 23.8. The molecular formula is C33H29ClN4O3S. The van der Waals surface area contributed by atoms with Crippen LogP contribution in [-0.4, -0.2) is 36.8 Å². The molecule has 9 heteroatoms. The van der Waals surface area contributed by atoms with Gasteiger partial charge in [-0.3, -0.25) is 10.1 Å². The lowest BCUT2D eigenvalue weighted by molar-refractivity contribution is -0.160. The molecule has 0 spiro atoms. The normalized spacial score (nSPS) is 12.7. The molecule has 0 radical (unpaired) electrons. The minimum Gasteiger partial charge on any atom is -0.479 e. The Morgan fingerprint density at radius 1 is 1.05 bits per heavy atom. The van der Waals surface area contributed by atoms with Gasteiger partial charge >= 0.3 is 5.97 Å². The van der Waals surface area contributed by atoms with Crippen LogP contribution in [0.4, 0.5) is 0 Å². The number of halogens is 1. The summed E-state index contributed by atoms with van der Waals surface area (Å²) in [6.07, 6.45) is 2.46. The summed E-state index contributed by atoms with van der Waals surface area (Å²) in [5.74, 6) is -1.05. The largest absolute Gasteiger partial charge is 0.479 e. The van der Waals surface area contributed by atoms with E-state index >= 15 is 0 Å². The number of nitrogens with zero attached hydrogens (tertiary/aromatic N) is 3. The summed E-state index contributed by atoms with van der Waals surface area (Å²) in [4.78, 5) is 22.3. The maximum absolute atomic E-state index is 12.6. The van der Waals surface area contributed by atoms with Gasteiger partial charge in [0.25, 0.3) is 0 Å². The highest BCUT2D eigenvalue weighted by Crippen LogP contribution is 2.44. The van der Waals surface area contributed by atoms with Crippen LogP contribution in [-0.2, 0) is 9.53 Å². The first-order chi connectivity index (χ1) is 20.0. The highest BCUT2D eigenvalue weighted by molar-refractivity contribution is 7.22. The summed E-state index contributed by atoms with van der Waals surface area (Å²) in [5, 5.41) is 20.0. The van der Waals surface area contributed by atoms with Crippen molar-refractivity contribution in [2.75, 3.05) is 0 Å². The van der Waals surface area contributed by atoms with E-state index < -0.39 is 17.7 Å². The highest BCUT2D eigenvalue weighted by atomic mass is 35.5. The maximum atomic E-state index is 12.6. The third-order valence-electron chi connectivity index (χ3n) is 7.19. The predicted octanol–water partition coefficient (Wildman–Crippen LogP) is 8.78. The van der Waals surface area contributed by atoms with Crippen molar-refractivity contribution in [1.29, 1.82) is 0 Å². The van der Waals surface area contributed by atoms with E-state index in [4.69, 9.17) is 21.3 Å². The Bertz CT molecular complexity index is 1970. The average Bonchev–Trinajstić information content (AvgIpc) is 3.59. The highest BCUT2D eigenvalue weighted by Gasteiger charge is 2.32. The van der Waals surface area contributed by atoms with Crippen molar-refractivity contribution in [2.24, 2.45) is 0 Å². The Hall–Kier alpha value is -4.11. The molecule has 0 aliphatic rings. The van der Waals surface area contributed by atoms with Gasteiger partial charge < -0.3 is 9.84 Å². The summed E-state index contributed by atoms with van der Waals surface area (Å²) in [6.45, 7) is 9.55. The van der Waals surface area contributed by atoms with Gasteiger partial charge in [0, 0.05) is 38.9 Å². The first kappa shape index (κ1) is 28.0. The van der Waals surface area contributed by atoms with E-state index in [1.54, 1.807) is 6.20 Å². The van der Waals surface area contributed by atoms with Crippen molar-refractivity contribution in [3.8, 4) is 33.0 Å². The number of carbonyl (C=O) groups is 1. The smallest absolute Gasteiger partial charge is 0.337 e. The molecule has 0 aliphatic carbocycles. The number of aromatic amines is 1. The lowest BCUT2D eigenvalue weighted by atomic mass is 9.91. The summed E-state index contributed by atoms with van der Waals surface area (Å²) in [6, 6.07) is 17.5. The second kappa shape index (κ2) is 10.6. The van der Waals surface area contributed by atoms with Crippen LogP contribution in [0.3, 0.4) is 0 Å². The van der Waals surface area contributed by atoms with Gasteiger partial charge in [0.1, 0.15) is 5.01 Å². The van der Waals surface area contributed by atoms with Crippen LogP contribution >= 0.6 is 22.9 Å². The van der Waals surface area contributed by atoms with Crippen molar-refractivity contribution >= 4 is 50.0 Å².